The number of hydrogen-bond donors (Lipinski definition) is 1. The number of thioether (sulfide) groups is 1. The van der Waals surface area contributed by atoms with Gasteiger partial charge in [0.05, 0.1) is 23.1 Å². The van der Waals surface area contributed by atoms with E-state index in [0.717, 1.165) is 35.3 Å². The van der Waals surface area contributed by atoms with Crippen LogP contribution in [0.15, 0.2) is 82.7 Å². The Hall–Kier alpha value is -4.55. The number of carbonyl (C=O) groups excluding carboxylic acids is 2. The van der Waals surface area contributed by atoms with Crippen LogP contribution in [0, 0.1) is 17.0 Å². The van der Waals surface area contributed by atoms with Crippen molar-refractivity contribution in [1.82, 2.24) is 10.2 Å². The van der Waals surface area contributed by atoms with Crippen LogP contribution in [0.5, 0.6) is 5.75 Å². The maximum Gasteiger partial charge on any atom is 0.301 e. The third-order valence-electron chi connectivity index (χ3n) is 6.84. The molecule has 43 heavy (non-hydrogen) atoms. The Balaban J connectivity index is 1.50. The van der Waals surface area contributed by atoms with E-state index in [4.69, 9.17) is 4.74 Å². The largest absolute Gasteiger partial charge is 0.507 e. The highest BCUT2D eigenvalue weighted by Gasteiger charge is 2.48. The lowest BCUT2D eigenvalue weighted by Gasteiger charge is -2.22. The highest BCUT2D eigenvalue weighted by molar-refractivity contribution is 8.00. The van der Waals surface area contributed by atoms with Crippen LogP contribution >= 0.6 is 23.1 Å². The molecule has 1 atom stereocenters. The Bertz CT molecular complexity index is 1670. The minimum Gasteiger partial charge on any atom is -0.507 e. The van der Waals surface area contributed by atoms with E-state index in [-0.39, 0.29) is 22.2 Å². The molecule has 0 aliphatic carbocycles. The number of aromatic nitrogens is 2. The molecular weight excluding hydrogens is 588 g/mol. The molecule has 1 N–H and O–H groups in total. The summed E-state index contributed by atoms with van der Waals surface area (Å²) in [6, 6.07) is 19.1. The normalized spacial score (nSPS) is 16.0. The molecule has 1 aromatic heterocycles. The zero-order chi connectivity index (χ0) is 30.5. The van der Waals surface area contributed by atoms with Crippen LogP contribution in [-0.2, 0) is 15.3 Å². The number of amides is 1. The fraction of sp³-hybridized carbons (Fsp3) is 0.226. The smallest absolute Gasteiger partial charge is 0.301 e. The highest BCUT2D eigenvalue weighted by atomic mass is 32.2. The van der Waals surface area contributed by atoms with Gasteiger partial charge in [0.1, 0.15) is 11.5 Å². The molecule has 220 valence electrons. The summed E-state index contributed by atoms with van der Waals surface area (Å²) in [7, 11) is 0. The molecule has 0 bridgehead atoms. The number of aliphatic hydroxyl groups is 1. The summed E-state index contributed by atoms with van der Waals surface area (Å²) in [5.41, 5.74) is 2.67. The first-order valence-electron chi connectivity index (χ1n) is 13.6. The predicted molar refractivity (Wildman–Crippen MR) is 165 cm³/mol. The number of hydrogen-bond acceptors (Lipinski definition) is 10. The molecule has 0 spiro atoms. The summed E-state index contributed by atoms with van der Waals surface area (Å²) in [6.45, 7) is 4.64. The number of non-ortho nitro benzene ring substituents is 1. The average Bonchev–Trinajstić information content (AvgIpc) is 3.58. The number of benzene rings is 3. The molecule has 0 radical (unpaired) electrons. The van der Waals surface area contributed by atoms with Gasteiger partial charge in [-0.25, -0.2) is 0 Å². The van der Waals surface area contributed by atoms with E-state index in [9.17, 15) is 24.8 Å². The van der Waals surface area contributed by atoms with E-state index in [1.807, 2.05) is 31.2 Å². The van der Waals surface area contributed by atoms with Crippen LogP contribution in [0.25, 0.3) is 5.76 Å². The molecule has 1 aliphatic rings. The summed E-state index contributed by atoms with van der Waals surface area (Å²) < 4.78 is 6.29. The molecule has 3 aromatic carbocycles. The van der Waals surface area contributed by atoms with Crippen LogP contribution in [-0.4, -0.2) is 38.5 Å². The van der Waals surface area contributed by atoms with Crippen molar-refractivity contribution >= 4 is 51.4 Å². The van der Waals surface area contributed by atoms with Crippen LogP contribution in [0.1, 0.15) is 48.1 Å². The van der Waals surface area contributed by atoms with E-state index in [0.29, 0.717) is 33.6 Å². The van der Waals surface area contributed by atoms with Crippen molar-refractivity contribution in [3.05, 3.63) is 111 Å². The quantitative estimate of drug-likeness (QED) is 0.0280. The maximum absolute atomic E-state index is 13.5. The predicted octanol–water partition coefficient (Wildman–Crippen LogP) is 6.85. The van der Waals surface area contributed by atoms with E-state index in [1.54, 1.807) is 24.3 Å². The Morgan fingerprint density at radius 1 is 1.05 bits per heavy atom. The number of nitrogens with zero attached hydrogens (tertiary/aromatic N) is 4. The van der Waals surface area contributed by atoms with Crippen molar-refractivity contribution in [3.63, 3.8) is 0 Å². The zero-order valence-electron chi connectivity index (χ0n) is 23.4. The number of ether oxygens (including phenoxy) is 1. The summed E-state index contributed by atoms with van der Waals surface area (Å²) in [5.74, 6) is -0.897. The second-order valence-corrected chi connectivity index (χ2v) is 12.0. The first-order chi connectivity index (χ1) is 20.8. The number of unbranched alkanes of at least 4 members (excludes halogenated alkanes) is 1. The van der Waals surface area contributed by atoms with Gasteiger partial charge in [-0.05, 0) is 60.9 Å². The van der Waals surface area contributed by atoms with E-state index in [1.165, 1.54) is 40.9 Å². The first-order valence-corrected chi connectivity index (χ1v) is 15.4. The van der Waals surface area contributed by atoms with Gasteiger partial charge in [-0.1, -0.05) is 66.3 Å². The van der Waals surface area contributed by atoms with Crippen molar-refractivity contribution in [1.29, 1.82) is 0 Å². The minimum atomic E-state index is -1.08. The number of nitro groups is 1. The molecule has 0 unspecified atom stereocenters. The van der Waals surface area contributed by atoms with E-state index < -0.39 is 22.7 Å². The average molecular weight is 617 g/mol. The van der Waals surface area contributed by atoms with Gasteiger partial charge < -0.3 is 9.84 Å². The van der Waals surface area contributed by atoms with Crippen LogP contribution in [0.3, 0.4) is 0 Å². The fourth-order valence-electron chi connectivity index (χ4n) is 4.51. The number of aliphatic hydroxyl groups excluding tert-OH is 1. The standard InChI is InChI=1S/C31H28N4O6S2/c1-3-4-17-41-24-15-11-22(12-16-24)27(36)25-26(21-9-13-23(14-10-21)35(39)40)34(29(38)28(25)37)30-32-33-31(43-30)42-18-20-7-5-19(2)6-8-20/h5-16,26,36H,3-4,17-18H2,1-2H3/t26-/m1/s1. The van der Waals surface area contributed by atoms with Gasteiger partial charge in [-0.15, -0.1) is 10.2 Å². The molecule has 1 aliphatic heterocycles. The second-order valence-electron chi connectivity index (χ2n) is 9.87. The van der Waals surface area contributed by atoms with Gasteiger partial charge in [-0.2, -0.15) is 0 Å². The summed E-state index contributed by atoms with van der Waals surface area (Å²) >= 11 is 2.60. The molecule has 10 nitrogen and oxygen atoms in total. The van der Waals surface area contributed by atoms with Gasteiger partial charge >= 0.3 is 5.91 Å². The monoisotopic (exact) mass is 616 g/mol. The lowest BCUT2D eigenvalue weighted by atomic mass is 9.95. The van der Waals surface area contributed by atoms with Crippen LogP contribution < -0.4 is 9.64 Å². The molecule has 0 saturated carbocycles. The molecule has 5 rings (SSSR count). The van der Waals surface area contributed by atoms with Crippen molar-refractivity contribution < 1.29 is 24.4 Å². The molecule has 4 aromatic rings. The van der Waals surface area contributed by atoms with Crippen LogP contribution in [0.4, 0.5) is 10.8 Å². The maximum atomic E-state index is 13.5. The summed E-state index contributed by atoms with van der Waals surface area (Å²) in [6.07, 6.45) is 1.89. The molecular formula is C31H28N4O6S2. The van der Waals surface area contributed by atoms with Crippen molar-refractivity contribution in [3.8, 4) is 5.75 Å². The van der Waals surface area contributed by atoms with Gasteiger partial charge in [0.25, 0.3) is 11.5 Å². The Morgan fingerprint density at radius 2 is 1.74 bits per heavy atom. The number of anilines is 1. The van der Waals surface area contributed by atoms with Crippen molar-refractivity contribution in [2.75, 3.05) is 11.5 Å². The van der Waals surface area contributed by atoms with Gasteiger partial charge in [0.15, 0.2) is 4.34 Å². The van der Waals surface area contributed by atoms with Gasteiger partial charge in [0, 0.05) is 23.4 Å². The Labute approximate surface area is 256 Å². The number of ketones is 1. The van der Waals surface area contributed by atoms with Gasteiger partial charge in [-0.3, -0.25) is 24.6 Å². The Morgan fingerprint density at radius 3 is 2.40 bits per heavy atom. The number of nitro benzene ring substituents is 1. The third kappa shape index (κ3) is 6.60. The number of rotatable bonds is 11. The topological polar surface area (TPSA) is 136 Å². The van der Waals surface area contributed by atoms with E-state index >= 15 is 0 Å². The fourth-order valence-corrected chi connectivity index (χ4v) is 6.33. The molecule has 1 amide bonds. The highest BCUT2D eigenvalue weighted by Crippen LogP contribution is 2.44. The zero-order valence-corrected chi connectivity index (χ0v) is 25.1. The summed E-state index contributed by atoms with van der Waals surface area (Å²) in [4.78, 5) is 38.9. The van der Waals surface area contributed by atoms with Crippen molar-refractivity contribution in [2.24, 2.45) is 0 Å². The number of aryl methyl sites for hydroxylation is 1. The lowest BCUT2D eigenvalue weighted by molar-refractivity contribution is -0.384. The van der Waals surface area contributed by atoms with Gasteiger partial charge in [0.2, 0.25) is 5.13 Å². The second kappa shape index (κ2) is 13.2. The Kier molecular flexibility index (Phi) is 9.17. The lowest BCUT2D eigenvalue weighted by Crippen LogP contribution is -2.29. The third-order valence-corrected chi connectivity index (χ3v) is 8.97. The molecule has 12 heteroatoms. The first kappa shape index (κ1) is 29.9. The molecule has 2 heterocycles. The SMILES string of the molecule is CCCCOc1ccc(C(O)=C2C(=O)C(=O)N(c3nnc(SCc4ccc(C)cc4)s3)[C@@H]2c2ccc([N+](=O)[O-])cc2)cc1. The molecule has 1 fully saturated rings. The molecule has 1 saturated heterocycles. The van der Waals surface area contributed by atoms with Crippen molar-refractivity contribution in [2.45, 2.75) is 42.8 Å². The van der Waals surface area contributed by atoms with Crippen LogP contribution in [0.2, 0.25) is 0 Å². The summed E-state index contributed by atoms with van der Waals surface area (Å²) in [5, 5.41) is 31.3. The number of Topliss-reactive ketones (excluding diaryl/α,β-unsaturated/α-hetero) is 1. The van der Waals surface area contributed by atoms with E-state index in [2.05, 4.69) is 17.1 Å². The number of carbonyl (C=O) groups is 2. The minimum absolute atomic E-state index is 0.148.